The number of halogens is 1. The standard InChI is InChI=1S/C11H16BrNO2S/c1-10-5-4-6-11(9-10)16(14,15)13-8-3-2-7-12/h4-6,9,13H,2-3,7-8H2,1H3. The van der Waals surface area contributed by atoms with Crippen molar-refractivity contribution in [1.29, 1.82) is 0 Å². The lowest BCUT2D eigenvalue weighted by atomic mass is 10.2. The van der Waals surface area contributed by atoms with Gasteiger partial charge in [-0.1, -0.05) is 28.1 Å². The predicted octanol–water partition coefficient (Wildman–Crippen LogP) is 2.45. The number of unbranched alkanes of at least 4 members (excludes halogenated alkanes) is 1. The van der Waals surface area contributed by atoms with Gasteiger partial charge in [-0.25, -0.2) is 13.1 Å². The van der Waals surface area contributed by atoms with E-state index in [2.05, 4.69) is 20.7 Å². The zero-order valence-electron chi connectivity index (χ0n) is 9.24. The number of rotatable bonds is 6. The molecule has 0 amide bonds. The molecule has 1 aromatic carbocycles. The summed E-state index contributed by atoms with van der Waals surface area (Å²) in [5.41, 5.74) is 0.948. The number of hydrogen-bond donors (Lipinski definition) is 1. The molecular weight excluding hydrogens is 290 g/mol. The summed E-state index contributed by atoms with van der Waals surface area (Å²) in [6, 6.07) is 6.92. The van der Waals surface area contributed by atoms with Crippen LogP contribution in [0.4, 0.5) is 0 Å². The van der Waals surface area contributed by atoms with Crippen LogP contribution in [0.5, 0.6) is 0 Å². The van der Waals surface area contributed by atoms with Crippen LogP contribution in [-0.4, -0.2) is 20.3 Å². The first-order chi connectivity index (χ1) is 7.56. The van der Waals surface area contributed by atoms with E-state index >= 15 is 0 Å². The smallest absolute Gasteiger partial charge is 0.211 e. The van der Waals surface area contributed by atoms with Crippen LogP contribution in [0.15, 0.2) is 29.2 Å². The molecule has 0 fully saturated rings. The van der Waals surface area contributed by atoms with E-state index in [0.29, 0.717) is 11.4 Å². The minimum absolute atomic E-state index is 0.339. The van der Waals surface area contributed by atoms with Crippen LogP contribution in [0.1, 0.15) is 18.4 Å². The summed E-state index contributed by atoms with van der Waals surface area (Å²) in [5, 5.41) is 0.902. The Hall–Kier alpha value is -0.390. The van der Waals surface area contributed by atoms with Gasteiger partial charge in [-0.15, -0.1) is 0 Å². The quantitative estimate of drug-likeness (QED) is 0.648. The van der Waals surface area contributed by atoms with Crippen molar-refractivity contribution in [2.24, 2.45) is 0 Å². The normalized spacial score (nSPS) is 11.6. The summed E-state index contributed by atoms with van der Waals surface area (Å²) in [5.74, 6) is 0. The summed E-state index contributed by atoms with van der Waals surface area (Å²) in [4.78, 5) is 0.339. The Morgan fingerprint density at radius 3 is 2.69 bits per heavy atom. The van der Waals surface area contributed by atoms with Crippen molar-refractivity contribution in [3.8, 4) is 0 Å². The van der Waals surface area contributed by atoms with Gasteiger partial charge >= 0.3 is 0 Å². The summed E-state index contributed by atoms with van der Waals surface area (Å²) < 4.78 is 26.2. The predicted molar refractivity (Wildman–Crippen MR) is 69.4 cm³/mol. The van der Waals surface area contributed by atoms with E-state index in [-0.39, 0.29) is 0 Å². The van der Waals surface area contributed by atoms with Gasteiger partial charge in [0.15, 0.2) is 0 Å². The first-order valence-electron chi connectivity index (χ1n) is 5.18. The maximum absolute atomic E-state index is 11.8. The molecule has 0 aliphatic heterocycles. The fraction of sp³-hybridized carbons (Fsp3) is 0.455. The molecule has 0 unspecified atom stereocenters. The maximum Gasteiger partial charge on any atom is 0.240 e. The maximum atomic E-state index is 11.8. The van der Waals surface area contributed by atoms with Crippen molar-refractivity contribution >= 4 is 26.0 Å². The highest BCUT2D eigenvalue weighted by Gasteiger charge is 2.12. The molecule has 0 saturated heterocycles. The molecule has 3 nitrogen and oxygen atoms in total. The molecule has 1 aromatic rings. The zero-order valence-corrected chi connectivity index (χ0v) is 11.6. The molecule has 0 aromatic heterocycles. The average Bonchev–Trinajstić information content (AvgIpc) is 2.24. The topological polar surface area (TPSA) is 46.2 Å². The van der Waals surface area contributed by atoms with Gasteiger partial charge in [0.25, 0.3) is 0 Å². The fourth-order valence-corrected chi connectivity index (χ4v) is 2.87. The Kier molecular flexibility index (Phi) is 5.44. The van der Waals surface area contributed by atoms with E-state index in [0.717, 1.165) is 23.7 Å². The number of alkyl halides is 1. The van der Waals surface area contributed by atoms with Gasteiger partial charge in [0.1, 0.15) is 0 Å². The average molecular weight is 306 g/mol. The minimum atomic E-state index is -3.33. The van der Waals surface area contributed by atoms with Gasteiger partial charge in [0.05, 0.1) is 4.90 Å². The third kappa shape index (κ3) is 4.23. The van der Waals surface area contributed by atoms with Crippen LogP contribution in [0, 0.1) is 6.92 Å². The first kappa shape index (κ1) is 13.7. The van der Waals surface area contributed by atoms with Crippen molar-refractivity contribution in [1.82, 2.24) is 4.72 Å². The molecule has 5 heteroatoms. The van der Waals surface area contributed by atoms with E-state index in [1.54, 1.807) is 18.2 Å². The number of nitrogens with one attached hydrogen (secondary N) is 1. The van der Waals surface area contributed by atoms with Crippen LogP contribution in [-0.2, 0) is 10.0 Å². The van der Waals surface area contributed by atoms with E-state index in [1.165, 1.54) is 0 Å². The number of benzene rings is 1. The highest BCUT2D eigenvalue weighted by molar-refractivity contribution is 9.09. The second kappa shape index (κ2) is 6.37. The Balaban J connectivity index is 2.64. The molecule has 0 atom stereocenters. The van der Waals surface area contributed by atoms with Crippen molar-refractivity contribution < 1.29 is 8.42 Å². The van der Waals surface area contributed by atoms with Crippen LogP contribution in [0.3, 0.4) is 0 Å². The van der Waals surface area contributed by atoms with Gasteiger partial charge in [-0.05, 0) is 37.5 Å². The number of aryl methyl sites for hydroxylation is 1. The Morgan fingerprint density at radius 1 is 1.31 bits per heavy atom. The molecule has 1 rings (SSSR count). The summed E-state index contributed by atoms with van der Waals surface area (Å²) in [6.45, 7) is 2.37. The van der Waals surface area contributed by atoms with Crippen LogP contribution >= 0.6 is 15.9 Å². The summed E-state index contributed by atoms with van der Waals surface area (Å²) >= 11 is 3.31. The lowest BCUT2D eigenvalue weighted by Gasteiger charge is -2.06. The van der Waals surface area contributed by atoms with E-state index in [4.69, 9.17) is 0 Å². The van der Waals surface area contributed by atoms with Crippen LogP contribution in [0.25, 0.3) is 0 Å². The van der Waals surface area contributed by atoms with Crippen LogP contribution < -0.4 is 4.72 Å². The summed E-state index contributed by atoms with van der Waals surface area (Å²) in [6.07, 6.45) is 1.81. The highest BCUT2D eigenvalue weighted by atomic mass is 79.9. The Bertz CT molecular complexity index is 431. The Labute approximate surface area is 105 Å². The van der Waals surface area contributed by atoms with Crippen LogP contribution in [0.2, 0.25) is 0 Å². The molecular formula is C11H16BrNO2S. The van der Waals surface area contributed by atoms with Gasteiger partial charge in [-0.3, -0.25) is 0 Å². The molecule has 0 aliphatic rings. The van der Waals surface area contributed by atoms with Gasteiger partial charge < -0.3 is 0 Å². The van der Waals surface area contributed by atoms with Crippen molar-refractivity contribution in [3.63, 3.8) is 0 Å². The molecule has 0 aliphatic carbocycles. The molecule has 0 spiro atoms. The molecule has 0 bridgehead atoms. The third-order valence-corrected chi connectivity index (χ3v) is 4.17. The molecule has 1 N–H and O–H groups in total. The molecule has 90 valence electrons. The van der Waals surface area contributed by atoms with Crippen molar-refractivity contribution in [2.45, 2.75) is 24.7 Å². The van der Waals surface area contributed by atoms with Crippen molar-refractivity contribution in [3.05, 3.63) is 29.8 Å². The third-order valence-electron chi connectivity index (χ3n) is 2.15. The first-order valence-corrected chi connectivity index (χ1v) is 7.79. The fourth-order valence-electron chi connectivity index (χ4n) is 1.29. The van der Waals surface area contributed by atoms with Crippen molar-refractivity contribution in [2.75, 3.05) is 11.9 Å². The van der Waals surface area contributed by atoms with E-state index in [9.17, 15) is 8.42 Å². The Morgan fingerprint density at radius 2 is 2.06 bits per heavy atom. The van der Waals surface area contributed by atoms with E-state index < -0.39 is 10.0 Å². The second-order valence-corrected chi connectivity index (χ2v) is 6.17. The molecule has 0 heterocycles. The minimum Gasteiger partial charge on any atom is -0.211 e. The van der Waals surface area contributed by atoms with Gasteiger partial charge in [0, 0.05) is 11.9 Å². The highest BCUT2D eigenvalue weighted by Crippen LogP contribution is 2.10. The lowest BCUT2D eigenvalue weighted by molar-refractivity contribution is 0.578. The second-order valence-electron chi connectivity index (χ2n) is 3.61. The molecule has 16 heavy (non-hydrogen) atoms. The molecule has 0 saturated carbocycles. The lowest BCUT2D eigenvalue weighted by Crippen LogP contribution is -2.24. The SMILES string of the molecule is Cc1cccc(S(=O)(=O)NCCCCBr)c1. The van der Waals surface area contributed by atoms with E-state index in [1.807, 2.05) is 13.0 Å². The largest absolute Gasteiger partial charge is 0.240 e. The summed E-state index contributed by atoms with van der Waals surface area (Å²) in [7, 11) is -3.33. The number of hydrogen-bond acceptors (Lipinski definition) is 2. The number of sulfonamides is 1. The monoisotopic (exact) mass is 305 g/mol. The van der Waals surface area contributed by atoms with Gasteiger partial charge in [-0.2, -0.15) is 0 Å². The zero-order chi connectivity index (χ0) is 12.0. The molecule has 0 radical (unpaired) electrons. The van der Waals surface area contributed by atoms with Gasteiger partial charge in [0.2, 0.25) is 10.0 Å².